The zero-order chi connectivity index (χ0) is 12.6. The predicted molar refractivity (Wildman–Crippen MR) is 74.2 cm³/mol. The molecule has 0 amide bonds. The lowest BCUT2D eigenvalue weighted by molar-refractivity contribution is -0.146. The Balaban J connectivity index is 0. The van der Waals surface area contributed by atoms with Crippen LogP contribution in [0, 0.1) is 11.8 Å². The van der Waals surface area contributed by atoms with Gasteiger partial charge in [-0.25, -0.2) is 0 Å². The maximum absolute atomic E-state index is 11.4. The summed E-state index contributed by atoms with van der Waals surface area (Å²) < 4.78 is 4.91. The summed E-state index contributed by atoms with van der Waals surface area (Å²) in [6.07, 6.45) is 4.99. The Hall–Kier alpha value is -0.540. The Labute approximate surface area is 111 Å². The molecule has 0 aromatic rings. The normalized spacial score (nSPS) is 15.3. The lowest BCUT2D eigenvalue weighted by Gasteiger charge is -2.21. The van der Waals surface area contributed by atoms with Crippen molar-refractivity contribution in [3.8, 4) is 0 Å². The number of rotatable bonds is 8. The summed E-state index contributed by atoms with van der Waals surface area (Å²) in [7, 11) is 0. The van der Waals surface area contributed by atoms with Crippen molar-refractivity contribution >= 4 is 18.4 Å². The minimum absolute atomic E-state index is 0. The second kappa shape index (κ2) is 10.6. The first kappa shape index (κ1) is 18.8. The van der Waals surface area contributed by atoms with E-state index in [0.717, 1.165) is 19.3 Å². The van der Waals surface area contributed by atoms with E-state index >= 15 is 0 Å². The minimum Gasteiger partial charge on any atom is -0.465 e. The number of carbonyl (C=O) groups excluding carboxylic acids is 1. The number of hydrogen-bond donors (Lipinski definition) is 1. The third-order valence-electron chi connectivity index (χ3n) is 2.81. The Bertz CT molecular complexity index is 221. The van der Waals surface area contributed by atoms with Crippen LogP contribution in [0.1, 0.15) is 40.0 Å². The van der Waals surface area contributed by atoms with E-state index in [-0.39, 0.29) is 24.3 Å². The molecule has 0 aliphatic rings. The fraction of sp³-hybridized carbons (Fsp3) is 0.769. The first-order chi connectivity index (χ1) is 7.52. The average molecular weight is 264 g/mol. The molecule has 0 bridgehead atoms. The summed E-state index contributed by atoms with van der Waals surface area (Å²) >= 11 is 0. The summed E-state index contributed by atoms with van der Waals surface area (Å²) in [5, 5.41) is 0. The van der Waals surface area contributed by atoms with Crippen LogP contribution in [-0.4, -0.2) is 18.6 Å². The van der Waals surface area contributed by atoms with Gasteiger partial charge in [-0.15, -0.1) is 19.0 Å². The van der Waals surface area contributed by atoms with Crippen LogP contribution in [0.2, 0.25) is 0 Å². The van der Waals surface area contributed by atoms with E-state index < -0.39 is 6.04 Å². The van der Waals surface area contributed by atoms with Crippen molar-refractivity contribution in [2.45, 2.75) is 46.1 Å². The molecule has 3 atom stereocenters. The van der Waals surface area contributed by atoms with Crippen molar-refractivity contribution < 1.29 is 9.53 Å². The molecule has 0 aromatic heterocycles. The predicted octanol–water partition coefficient (Wildman–Crippen LogP) is 2.93. The van der Waals surface area contributed by atoms with Crippen LogP contribution >= 0.6 is 12.4 Å². The molecule has 4 heteroatoms. The van der Waals surface area contributed by atoms with Gasteiger partial charge in [-0.2, -0.15) is 0 Å². The number of nitrogens with two attached hydrogens (primary N) is 1. The van der Waals surface area contributed by atoms with Crippen molar-refractivity contribution in [2.24, 2.45) is 17.6 Å². The number of hydrogen-bond acceptors (Lipinski definition) is 3. The number of halogens is 1. The largest absolute Gasteiger partial charge is 0.465 e. The standard InChI is InChI=1S/C13H25NO2.ClH/c1-5-7-8-10(3)9-11(4)12(14)13(15)16-6-2;/h5,10-12H,1,6-9,14H2,2-4H3;1H/t10?,11-,12?;/m1./s1. The van der Waals surface area contributed by atoms with E-state index in [1.54, 1.807) is 6.92 Å². The van der Waals surface area contributed by atoms with Crippen LogP contribution in [-0.2, 0) is 9.53 Å². The zero-order valence-electron chi connectivity index (χ0n) is 11.1. The highest BCUT2D eigenvalue weighted by atomic mass is 35.5. The number of carbonyl (C=O) groups is 1. The van der Waals surface area contributed by atoms with E-state index in [2.05, 4.69) is 13.5 Å². The van der Waals surface area contributed by atoms with Gasteiger partial charge in [0.25, 0.3) is 0 Å². The first-order valence-corrected chi connectivity index (χ1v) is 6.06. The molecule has 0 rings (SSSR count). The molecular formula is C13H26ClNO2. The summed E-state index contributed by atoms with van der Waals surface area (Å²) in [4.78, 5) is 11.4. The molecule has 0 aliphatic carbocycles. The van der Waals surface area contributed by atoms with Crippen molar-refractivity contribution in [3.05, 3.63) is 12.7 Å². The monoisotopic (exact) mass is 263 g/mol. The summed E-state index contributed by atoms with van der Waals surface area (Å²) in [6.45, 7) is 10.1. The van der Waals surface area contributed by atoms with Crippen LogP contribution in [0.4, 0.5) is 0 Å². The lowest BCUT2D eigenvalue weighted by atomic mass is 9.89. The quantitative estimate of drug-likeness (QED) is 0.541. The second-order valence-electron chi connectivity index (χ2n) is 4.46. The molecule has 0 spiro atoms. The Morgan fingerprint density at radius 2 is 2.06 bits per heavy atom. The van der Waals surface area contributed by atoms with Gasteiger partial charge < -0.3 is 10.5 Å². The minimum atomic E-state index is -0.494. The highest BCUT2D eigenvalue weighted by Gasteiger charge is 2.23. The zero-order valence-corrected chi connectivity index (χ0v) is 12.0. The van der Waals surface area contributed by atoms with Gasteiger partial charge in [0.1, 0.15) is 6.04 Å². The van der Waals surface area contributed by atoms with Crippen LogP contribution in [0.5, 0.6) is 0 Å². The number of ether oxygens (including phenoxy) is 1. The molecule has 3 nitrogen and oxygen atoms in total. The summed E-state index contributed by atoms with van der Waals surface area (Å²) in [5.41, 5.74) is 5.83. The Morgan fingerprint density at radius 1 is 1.47 bits per heavy atom. The molecule has 0 aromatic carbocycles. The molecule has 17 heavy (non-hydrogen) atoms. The van der Waals surface area contributed by atoms with E-state index in [1.165, 1.54) is 0 Å². The molecule has 0 saturated carbocycles. The van der Waals surface area contributed by atoms with Crippen LogP contribution in [0.3, 0.4) is 0 Å². The highest BCUT2D eigenvalue weighted by molar-refractivity contribution is 5.85. The molecule has 0 radical (unpaired) electrons. The SMILES string of the molecule is C=CCCC(C)C[C@@H](C)C(N)C(=O)OCC.Cl. The van der Waals surface area contributed by atoms with E-state index in [1.807, 2.05) is 13.0 Å². The third kappa shape index (κ3) is 8.22. The fourth-order valence-electron chi connectivity index (χ4n) is 1.77. The van der Waals surface area contributed by atoms with E-state index in [9.17, 15) is 4.79 Å². The van der Waals surface area contributed by atoms with E-state index in [0.29, 0.717) is 12.5 Å². The molecule has 0 saturated heterocycles. The van der Waals surface area contributed by atoms with Gasteiger partial charge >= 0.3 is 5.97 Å². The fourth-order valence-corrected chi connectivity index (χ4v) is 1.77. The molecule has 102 valence electrons. The van der Waals surface area contributed by atoms with Crippen LogP contribution < -0.4 is 5.73 Å². The van der Waals surface area contributed by atoms with Gasteiger partial charge in [-0.1, -0.05) is 19.9 Å². The van der Waals surface area contributed by atoms with Crippen LogP contribution in [0.15, 0.2) is 12.7 Å². The van der Waals surface area contributed by atoms with Gasteiger partial charge in [0.2, 0.25) is 0 Å². The van der Waals surface area contributed by atoms with Crippen molar-refractivity contribution in [1.29, 1.82) is 0 Å². The first-order valence-electron chi connectivity index (χ1n) is 6.06. The highest BCUT2D eigenvalue weighted by Crippen LogP contribution is 2.19. The van der Waals surface area contributed by atoms with Gasteiger partial charge in [0.05, 0.1) is 6.61 Å². The number of allylic oxidation sites excluding steroid dienone is 1. The molecule has 0 fully saturated rings. The van der Waals surface area contributed by atoms with Crippen molar-refractivity contribution in [3.63, 3.8) is 0 Å². The van der Waals surface area contributed by atoms with E-state index in [4.69, 9.17) is 10.5 Å². The van der Waals surface area contributed by atoms with Gasteiger partial charge in [-0.3, -0.25) is 4.79 Å². The van der Waals surface area contributed by atoms with Gasteiger partial charge in [0.15, 0.2) is 0 Å². The van der Waals surface area contributed by atoms with Crippen LogP contribution in [0.25, 0.3) is 0 Å². The maximum Gasteiger partial charge on any atom is 0.323 e. The van der Waals surface area contributed by atoms with Crippen molar-refractivity contribution in [1.82, 2.24) is 0 Å². The molecule has 2 unspecified atom stereocenters. The smallest absolute Gasteiger partial charge is 0.323 e. The Kier molecular flexibility index (Phi) is 11.7. The van der Waals surface area contributed by atoms with Crippen molar-refractivity contribution in [2.75, 3.05) is 6.61 Å². The average Bonchev–Trinajstić information content (AvgIpc) is 2.25. The maximum atomic E-state index is 11.4. The number of esters is 1. The lowest BCUT2D eigenvalue weighted by Crippen LogP contribution is -2.38. The molecule has 0 aliphatic heterocycles. The molecule has 2 N–H and O–H groups in total. The van der Waals surface area contributed by atoms with Gasteiger partial charge in [-0.05, 0) is 38.0 Å². The Morgan fingerprint density at radius 3 is 2.53 bits per heavy atom. The topological polar surface area (TPSA) is 52.3 Å². The summed E-state index contributed by atoms with van der Waals surface area (Å²) in [5.74, 6) is 0.443. The summed E-state index contributed by atoms with van der Waals surface area (Å²) in [6, 6.07) is -0.494. The third-order valence-corrected chi connectivity index (χ3v) is 2.81. The van der Waals surface area contributed by atoms with Gasteiger partial charge in [0, 0.05) is 0 Å². The molecule has 0 heterocycles. The second-order valence-corrected chi connectivity index (χ2v) is 4.46. The molecular weight excluding hydrogens is 238 g/mol.